The summed E-state index contributed by atoms with van der Waals surface area (Å²) in [6, 6.07) is 15.5. The van der Waals surface area contributed by atoms with Crippen molar-refractivity contribution < 1.29 is 22.7 Å². The second-order valence-corrected chi connectivity index (χ2v) is 5.26. The third-order valence-corrected chi connectivity index (χ3v) is 3.66. The molecule has 0 amide bonds. The molecule has 2 nitrogen and oxygen atoms in total. The molecule has 0 N–H and O–H groups in total. The van der Waals surface area contributed by atoms with Gasteiger partial charge in [-0.2, -0.15) is 13.2 Å². The largest absolute Gasteiger partial charge is 0.448 e. The summed E-state index contributed by atoms with van der Waals surface area (Å²) < 4.78 is 44.8. The minimum absolute atomic E-state index is 0.0537. The molecule has 3 rings (SSSR count). The van der Waals surface area contributed by atoms with Crippen molar-refractivity contribution in [3.8, 4) is 0 Å². The highest BCUT2D eigenvalue weighted by Gasteiger charge is 2.44. The Morgan fingerprint density at radius 2 is 1.52 bits per heavy atom. The Bertz CT molecular complexity index is 884. The molecule has 0 aromatic heterocycles. The maximum Gasteiger partial charge on any atom is 0.429 e. The number of ether oxygens (including phenoxy) is 1. The van der Waals surface area contributed by atoms with Gasteiger partial charge in [0.05, 0.1) is 0 Å². The van der Waals surface area contributed by atoms with Gasteiger partial charge in [-0.25, -0.2) is 0 Å². The average Bonchev–Trinajstić information content (AvgIpc) is 2.51. The summed E-state index contributed by atoms with van der Waals surface area (Å²) in [5.41, 5.74) is -0.0537. The van der Waals surface area contributed by atoms with Crippen molar-refractivity contribution >= 4 is 27.5 Å². The van der Waals surface area contributed by atoms with Crippen LogP contribution in [0.25, 0.3) is 21.5 Å². The zero-order valence-corrected chi connectivity index (χ0v) is 12.2. The van der Waals surface area contributed by atoms with Gasteiger partial charge in [-0.3, -0.25) is 4.79 Å². The van der Waals surface area contributed by atoms with E-state index < -0.39 is 18.2 Å². The fraction of sp³-hybridized carbons (Fsp3) is 0.167. The van der Waals surface area contributed by atoms with Gasteiger partial charge < -0.3 is 4.74 Å². The fourth-order valence-electron chi connectivity index (χ4n) is 2.77. The van der Waals surface area contributed by atoms with Crippen molar-refractivity contribution in [1.82, 2.24) is 0 Å². The van der Waals surface area contributed by atoms with E-state index in [4.69, 9.17) is 0 Å². The Morgan fingerprint density at radius 3 is 2.13 bits per heavy atom. The number of carbonyl (C=O) groups excluding carboxylic acids is 1. The molecule has 0 saturated heterocycles. The minimum atomic E-state index is -4.68. The highest BCUT2D eigenvalue weighted by Crippen LogP contribution is 2.41. The van der Waals surface area contributed by atoms with Crippen LogP contribution in [-0.4, -0.2) is 12.1 Å². The highest BCUT2D eigenvalue weighted by molar-refractivity contribution is 6.09. The number of alkyl halides is 3. The first-order valence-corrected chi connectivity index (χ1v) is 7.02. The topological polar surface area (TPSA) is 26.3 Å². The van der Waals surface area contributed by atoms with E-state index in [1.165, 1.54) is 6.07 Å². The van der Waals surface area contributed by atoms with Crippen molar-refractivity contribution in [2.75, 3.05) is 0 Å². The maximum absolute atomic E-state index is 13.4. The fourth-order valence-corrected chi connectivity index (χ4v) is 2.77. The number of hydrogen-bond acceptors (Lipinski definition) is 2. The van der Waals surface area contributed by atoms with Gasteiger partial charge in [0.25, 0.3) is 0 Å². The van der Waals surface area contributed by atoms with Crippen LogP contribution in [0.15, 0.2) is 54.6 Å². The van der Waals surface area contributed by atoms with Gasteiger partial charge in [0, 0.05) is 12.5 Å². The SMILES string of the molecule is CC(=O)OC(c1cc2ccccc2c2ccccc12)C(F)(F)F. The smallest absolute Gasteiger partial charge is 0.429 e. The molecule has 0 aliphatic carbocycles. The van der Waals surface area contributed by atoms with Crippen LogP contribution in [0.2, 0.25) is 0 Å². The van der Waals surface area contributed by atoms with Gasteiger partial charge in [0.15, 0.2) is 0 Å². The molecule has 3 aromatic rings. The van der Waals surface area contributed by atoms with Crippen LogP contribution in [0.1, 0.15) is 18.6 Å². The lowest BCUT2D eigenvalue weighted by Gasteiger charge is -2.22. The van der Waals surface area contributed by atoms with E-state index >= 15 is 0 Å². The standard InChI is InChI=1S/C18H13F3O2/c1-11(22)23-17(18(19,20)21)16-10-12-6-2-3-7-13(12)14-8-4-5-9-15(14)16/h2-10,17H,1H3. The van der Waals surface area contributed by atoms with E-state index in [-0.39, 0.29) is 5.56 Å². The van der Waals surface area contributed by atoms with Crippen molar-refractivity contribution in [2.24, 2.45) is 0 Å². The summed E-state index contributed by atoms with van der Waals surface area (Å²) >= 11 is 0. The van der Waals surface area contributed by atoms with Crippen LogP contribution in [-0.2, 0) is 9.53 Å². The van der Waals surface area contributed by atoms with Gasteiger partial charge in [-0.15, -0.1) is 0 Å². The molecule has 118 valence electrons. The molecule has 0 heterocycles. The number of hydrogen-bond donors (Lipinski definition) is 0. The predicted molar refractivity (Wildman–Crippen MR) is 82.0 cm³/mol. The summed E-state index contributed by atoms with van der Waals surface area (Å²) in [5.74, 6) is -0.968. The first kappa shape index (κ1) is 15.3. The summed E-state index contributed by atoms with van der Waals surface area (Å²) in [7, 11) is 0. The summed E-state index contributed by atoms with van der Waals surface area (Å²) in [6.07, 6.45) is -6.97. The van der Waals surface area contributed by atoms with E-state index in [1.54, 1.807) is 36.4 Å². The summed E-state index contributed by atoms with van der Waals surface area (Å²) in [6.45, 7) is 0.974. The molecular formula is C18H13F3O2. The second kappa shape index (κ2) is 5.57. The lowest BCUT2D eigenvalue weighted by molar-refractivity contribution is -0.222. The molecule has 0 fully saturated rings. The summed E-state index contributed by atoms with van der Waals surface area (Å²) in [5, 5.41) is 2.65. The lowest BCUT2D eigenvalue weighted by Crippen LogP contribution is -2.25. The number of benzene rings is 3. The van der Waals surface area contributed by atoms with Gasteiger partial charge in [-0.1, -0.05) is 48.5 Å². The van der Waals surface area contributed by atoms with Crippen LogP contribution in [0, 0.1) is 0 Å². The zero-order chi connectivity index (χ0) is 16.6. The molecule has 0 saturated carbocycles. The monoisotopic (exact) mass is 318 g/mol. The quantitative estimate of drug-likeness (QED) is 0.482. The molecule has 0 aliphatic heterocycles. The Kier molecular flexibility index (Phi) is 3.72. The van der Waals surface area contributed by atoms with Crippen LogP contribution >= 0.6 is 0 Å². The van der Waals surface area contributed by atoms with E-state index in [1.807, 2.05) is 12.1 Å². The molecule has 5 heteroatoms. The van der Waals surface area contributed by atoms with Gasteiger partial charge in [-0.05, 0) is 27.6 Å². The molecule has 1 unspecified atom stereocenters. The first-order valence-electron chi connectivity index (χ1n) is 7.02. The maximum atomic E-state index is 13.4. The average molecular weight is 318 g/mol. The number of rotatable bonds is 2. The molecule has 1 atom stereocenters. The molecule has 3 aromatic carbocycles. The third kappa shape index (κ3) is 2.86. The Labute approximate surface area is 130 Å². The number of fused-ring (bicyclic) bond motifs is 3. The molecule has 0 radical (unpaired) electrons. The zero-order valence-electron chi connectivity index (χ0n) is 12.2. The van der Waals surface area contributed by atoms with Crippen molar-refractivity contribution in [2.45, 2.75) is 19.2 Å². The Balaban J connectivity index is 2.35. The lowest BCUT2D eigenvalue weighted by atomic mass is 9.94. The second-order valence-electron chi connectivity index (χ2n) is 5.26. The predicted octanol–water partition coefficient (Wildman–Crippen LogP) is 5.16. The van der Waals surface area contributed by atoms with Crippen LogP contribution in [0.4, 0.5) is 13.2 Å². The minimum Gasteiger partial charge on any atom is -0.448 e. The van der Waals surface area contributed by atoms with Crippen molar-refractivity contribution in [3.05, 3.63) is 60.2 Å². The van der Waals surface area contributed by atoms with Crippen LogP contribution in [0.3, 0.4) is 0 Å². The first-order chi connectivity index (χ1) is 10.9. The normalized spacial score (nSPS) is 13.2. The molecule has 23 heavy (non-hydrogen) atoms. The highest BCUT2D eigenvalue weighted by atomic mass is 19.4. The van der Waals surface area contributed by atoms with Gasteiger partial charge in [0.1, 0.15) is 0 Å². The molecular weight excluding hydrogens is 305 g/mol. The van der Waals surface area contributed by atoms with E-state index in [2.05, 4.69) is 4.74 Å². The van der Waals surface area contributed by atoms with Crippen LogP contribution in [0.5, 0.6) is 0 Å². The molecule has 0 aliphatic rings. The Hall–Kier alpha value is -2.56. The Morgan fingerprint density at radius 1 is 0.957 bits per heavy atom. The van der Waals surface area contributed by atoms with Gasteiger partial charge >= 0.3 is 12.1 Å². The van der Waals surface area contributed by atoms with Crippen molar-refractivity contribution in [1.29, 1.82) is 0 Å². The number of esters is 1. The number of halogens is 3. The van der Waals surface area contributed by atoms with Crippen LogP contribution < -0.4 is 0 Å². The number of carbonyl (C=O) groups is 1. The summed E-state index contributed by atoms with van der Waals surface area (Å²) in [4.78, 5) is 11.2. The van der Waals surface area contributed by atoms with E-state index in [9.17, 15) is 18.0 Å². The van der Waals surface area contributed by atoms with Gasteiger partial charge in [0.2, 0.25) is 6.10 Å². The molecule has 0 bridgehead atoms. The van der Waals surface area contributed by atoms with E-state index in [0.717, 1.165) is 12.3 Å². The third-order valence-electron chi connectivity index (χ3n) is 3.66. The van der Waals surface area contributed by atoms with E-state index in [0.29, 0.717) is 16.2 Å². The van der Waals surface area contributed by atoms with Crippen molar-refractivity contribution in [3.63, 3.8) is 0 Å². The molecule has 0 spiro atoms.